The standard InChI is InChI=1S/C14H14BrN3O2/c1-9-5-3-4-6-11(9)20-13-8-7-12(17-18-13)16-14(19)10(2)15/h3-8,10H,1-2H3,(H,16,17,19). The van der Waals surface area contributed by atoms with E-state index in [-0.39, 0.29) is 10.7 Å². The lowest BCUT2D eigenvalue weighted by Crippen LogP contribution is -2.20. The minimum atomic E-state index is -0.285. The van der Waals surface area contributed by atoms with Gasteiger partial charge in [0.25, 0.3) is 0 Å². The summed E-state index contributed by atoms with van der Waals surface area (Å²) in [5.74, 6) is 1.32. The average Bonchev–Trinajstić information content (AvgIpc) is 2.43. The Labute approximate surface area is 125 Å². The summed E-state index contributed by atoms with van der Waals surface area (Å²) in [5, 5.41) is 10.5. The maximum Gasteiger partial charge on any atom is 0.239 e. The molecule has 1 unspecified atom stereocenters. The molecule has 0 saturated carbocycles. The zero-order chi connectivity index (χ0) is 14.5. The highest BCUT2D eigenvalue weighted by atomic mass is 79.9. The number of aryl methyl sites for hydroxylation is 1. The van der Waals surface area contributed by atoms with Crippen LogP contribution in [0.1, 0.15) is 12.5 Å². The molecule has 20 heavy (non-hydrogen) atoms. The van der Waals surface area contributed by atoms with E-state index in [4.69, 9.17) is 4.74 Å². The van der Waals surface area contributed by atoms with Gasteiger partial charge >= 0.3 is 0 Å². The predicted molar refractivity (Wildman–Crippen MR) is 80.3 cm³/mol. The molecule has 104 valence electrons. The first-order valence-corrected chi connectivity index (χ1v) is 7.00. The number of carbonyl (C=O) groups is 1. The van der Waals surface area contributed by atoms with Crippen LogP contribution in [-0.2, 0) is 4.79 Å². The molecule has 0 bridgehead atoms. The summed E-state index contributed by atoms with van der Waals surface area (Å²) in [7, 11) is 0. The van der Waals surface area contributed by atoms with Gasteiger partial charge in [-0.1, -0.05) is 34.1 Å². The third-order valence-electron chi connectivity index (χ3n) is 2.56. The number of hydrogen-bond acceptors (Lipinski definition) is 4. The van der Waals surface area contributed by atoms with E-state index in [1.807, 2.05) is 31.2 Å². The quantitative estimate of drug-likeness (QED) is 0.870. The van der Waals surface area contributed by atoms with Crippen molar-refractivity contribution in [2.45, 2.75) is 18.7 Å². The number of anilines is 1. The van der Waals surface area contributed by atoms with Gasteiger partial charge in [-0.25, -0.2) is 0 Å². The van der Waals surface area contributed by atoms with Gasteiger partial charge in [-0.2, -0.15) is 0 Å². The van der Waals surface area contributed by atoms with Crippen molar-refractivity contribution >= 4 is 27.7 Å². The minimum absolute atomic E-state index is 0.174. The second-order valence-electron chi connectivity index (χ2n) is 4.23. The molecule has 0 saturated heterocycles. The first-order chi connectivity index (χ1) is 9.56. The van der Waals surface area contributed by atoms with Crippen molar-refractivity contribution in [2.24, 2.45) is 0 Å². The number of halogens is 1. The van der Waals surface area contributed by atoms with E-state index >= 15 is 0 Å². The molecule has 0 aliphatic heterocycles. The molecule has 2 rings (SSSR count). The van der Waals surface area contributed by atoms with Gasteiger partial charge in [0, 0.05) is 6.07 Å². The van der Waals surface area contributed by atoms with Crippen LogP contribution in [0.4, 0.5) is 5.82 Å². The Hall–Kier alpha value is -1.95. The topological polar surface area (TPSA) is 64.1 Å². The van der Waals surface area contributed by atoms with Crippen molar-refractivity contribution in [3.8, 4) is 11.6 Å². The van der Waals surface area contributed by atoms with Gasteiger partial charge in [-0.15, -0.1) is 10.2 Å². The number of carbonyl (C=O) groups excluding carboxylic acids is 1. The van der Waals surface area contributed by atoms with E-state index in [2.05, 4.69) is 31.4 Å². The molecule has 6 heteroatoms. The van der Waals surface area contributed by atoms with Crippen LogP contribution in [0.2, 0.25) is 0 Å². The van der Waals surface area contributed by atoms with Crippen LogP contribution < -0.4 is 10.1 Å². The molecule has 1 N–H and O–H groups in total. The third-order valence-corrected chi connectivity index (χ3v) is 2.98. The Bertz CT molecular complexity index is 600. The van der Waals surface area contributed by atoms with Gasteiger partial charge in [0.05, 0.1) is 4.83 Å². The number of ether oxygens (including phenoxy) is 1. The number of nitrogens with zero attached hydrogens (tertiary/aromatic N) is 2. The first-order valence-electron chi connectivity index (χ1n) is 6.08. The highest BCUT2D eigenvalue weighted by molar-refractivity contribution is 9.10. The maximum absolute atomic E-state index is 11.5. The molecule has 1 aromatic heterocycles. The highest BCUT2D eigenvalue weighted by Crippen LogP contribution is 2.22. The Morgan fingerprint density at radius 1 is 1.25 bits per heavy atom. The fourth-order valence-electron chi connectivity index (χ4n) is 1.45. The second kappa shape index (κ2) is 6.47. The molecule has 1 amide bonds. The first kappa shape index (κ1) is 14.5. The Morgan fingerprint density at radius 2 is 2.00 bits per heavy atom. The van der Waals surface area contributed by atoms with E-state index in [0.717, 1.165) is 11.3 Å². The molecule has 5 nitrogen and oxygen atoms in total. The number of aromatic nitrogens is 2. The van der Waals surface area contributed by atoms with Crippen LogP contribution >= 0.6 is 15.9 Å². The molecule has 0 aliphatic rings. The van der Waals surface area contributed by atoms with Crippen LogP contribution in [-0.4, -0.2) is 20.9 Å². The SMILES string of the molecule is Cc1ccccc1Oc1ccc(NC(=O)C(C)Br)nn1. The Kier molecular flexibility index (Phi) is 4.68. The summed E-state index contributed by atoms with van der Waals surface area (Å²) in [5.41, 5.74) is 1.01. The van der Waals surface area contributed by atoms with Crippen LogP contribution in [0, 0.1) is 6.92 Å². The predicted octanol–water partition coefficient (Wildman–Crippen LogP) is 3.30. The molecule has 0 aliphatic carbocycles. The summed E-state index contributed by atoms with van der Waals surface area (Å²) in [6, 6.07) is 10.9. The normalized spacial score (nSPS) is 11.8. The van der Waals surface area contributed by atoms with E-state index in [9.17, 15) is 4.79 Å². The van der Waals surface area contributed by atoms with Gasteiger partial charge in [0.15, 0.2) is 5.82 Å². The molecule has 1 atom stereocenters. The largest absolute Gasteiger partial charge is 0.437 e. The fraction of sp³-hybridized carbons (Fsp3) is 0.214. The van der Waals surface area contributed by atoms with Crippen molar-refractivity contribution < 1.29 is 9.53 Å². The number of rotatable bonds is 4. The second-order valence-corrected chi connectivity index (χ2v) is 5.60. The molecule has 1 aromatic carbocycles. The van der Waals surface area contributed by atoms with E-state index in [1.165, 1.54) is 0 Å². The molecule has 1 heterocycles. The van der Waals surface area contributed by atoms with Crippen LogP contribution in [0.3, 0.4) is 0 Å². The van der Waals surface area contributed by atoms with Crippen LogP contribution in [0.15, 0.2) is 36.4 Å². The number of para-hydroxylation sites is 1. The van der Waals surface area contributed by atoms with Crippen molar-refractivity contribution in [1.82, 2.24) is 10.2 Å². The number of hydrogen-bond donors (Lipinski definition) is 1. The minimum Gasteiger partial charge on any atom is -0.437 e. The zero-order valence-corrected chi connectivity index (χ0v) is 12.7. The molecular weight excluding hydrogens is 322 g/mol. The third kappa shape index (κ3) is 3.77. The lowest BCUT2D eigenvalue weighted by Gasteiger charge is -2.08. The molecule has 2 aromatic rings. The summed E-state index contributed by atoms with van der Waals surface area (Å²) < 4.78 is 5.62. The van der Waals surface area contributed by atoms with Gasteiger partial charge in [0.1, 0.15) is 5.75 Å². The van der Waals surface area contributed by atoms with E-state index in [0.29, 0.717) is 11.7 Å². The van der Waals surface area contributed by atoms with E-state index in [1.54, 1.807) is 19.1 Å². The Morgan fingerprint density at radius 3 is 2.60 bits per heavy atom. The van der Waals surface area contributed by atoms with Crippen molar-refractivity contribution in [3.63, 3.8) is 0 Å². The summed E-state index contributed by atoms with van der Waals surface area (Å²) in [4.78, 5) is 11.2. The van der Waals surface area contributed by atoms with E-state index < -0.39 is 0 Å². The summed E-state index contributed by atoms with van der Waals surface area (Å²) in [6.07, 6.45) is 0. The van der Waals surface area contributed by atoms with Crippen LogP contribution in [0.5, 0.6) is 11.6 Å². The van der Waals surface area contributed by atoms with Gasteiger partial charge in [-0.05, 0) is 31.5 Å². The van der Waals surface area contributed by atoms with Crippen molar-refractivity contribution in [2.75, 3.05) is 5.32 Å². The number of alkyl halides is 1. The molecule has 0 radical (unpaired) electrons. The summed E-state index contributed by atoms with van der Waals surface area (Å²) >= 11 is 3.18. The van der Waals surface area contributed by atoms with Gasteiger partial charge in [-0.3, -0.25) is 4.79 Å². The average molecular weight is 336 g/mol. The summed E-state index contributed by atoms with van der Waals surface area (Å²) in [6.45, 7) is 3.69. The molecular formula is C14H14BrN3O2. The Balaban J connectivity index is 2.05. The van der Waals surface area contributed by atoms with Crippen LogP contribution in [0.25, 0.3) is 0 Å². The smallest absolute Gasteiger partial charge is 0.239 e. The van der Waals surface area contributed by atoms with Gasteiger partial charge in [0.2, 0.25) is 11.8 Å². The molecule has 0 spiro atoms. The lowest BCUT2D eigenvalue weighted by molar-refractivity contribution is -0.115. The maximum atomic E-state index is 11.5. The van der Waals surface area contributed by atoms with Crippen molar-refractivity contribution in [3.05, 3.63) is 42.0 Å². The number of amides is 1. The lowest BCUT2D eigenvalue weighted by atomic mass is 10.2. The number of nitrogens with one attached hydrogen (secondary N) is 1. The molecule has 0 fully saturated rings. The zero-order valence-electron chi connectivity index (χ0n) is 11.1. The van der Waals surface area contributed by atoms with Crippen molar-refractivity contribution in [1.29, 1.82) is 0 Å². The fourth-order valence-corrected chi connectivity index (χ4v) is 1.56. The monoisotopic (exact) mass is 335 g/mol. The highest BCUT2D eigenvalue weighted by Gasteiger charge is 2.10. The number of benzene rings is 1. The van der Waals surface area contributed by atoms with Gasteiger partial charge < -0.3 is 10.1 Å².